The minimum atomic E-state index is -0.0739. The molecular formula is C13H26N2O2. The van der Waals surface area contributed by atoms with E-state index in [2.05, 4.69) is 17.6 Å². The molecule has 1 aliphatic carbocycles. The minimum Gasteiger partial charge on any atom is -0.396 e. The van der Waals surface area contributed by atoms with Crippen LogP contribution in [0.5, 0.6) is 0 Å². The van der Waals surface area contributed by atoms with Crippen LogP contribution in [0.2, 0.25) is 0 Å². The summed E-state index contributed by atoms with van der Waals surface area (Å²) in [4.78, 5) is 11.6. The maximum absolute atomic E-state index is 11.6. The molecule has 1 rings (SSSR count). The number of hydrogen-bond donors (Lipinski definition) is 3. The van der Waals surface area contributed by atoms with Crippen molar-refractivity contribution >= 4 is 6.03 Å². The van der Waals surface area contributed by atoms with Crippen LogP contribution >= 0.6 is 0 Å². The van der Waals surface area contributed by atoms with Crippen molar-refractivity contribution in [3.05, 3.63) is 0 Å². The summed E-state index contributed by atoms with van der Waals surface area (Å²) in [5.74, 6) is 0. The van der Waals surface area contributed by atoms with Crippen molar-refractivity contribution < 1.29 is 9.90 Å². The number of aliphatic hydroxyl groups is 1. The maximum atomic E-state index is 11.6. The highest BCUT2D eigenvalue weighted by atomic mass is 16.3. The first-order valence-electron chi connectivity index (χ1n) is 6.77. The van der Waals surface area contributed by atoms with Crippen LogP contribution in [0.25, 0.3) is 0 Å². The SMILES string of the molecule is CCC1(CNC(=O)NC(C)CCCO)CCC1. The second-order valence-electron chi connectivity index (χ2n) is 5.30. The van der Waals surface area contributed by atoms with Crippen molar-refractivity contribution in [3.8, 4) is 0 Å². The third-order valence-electron chi connectivity index (χ3n) is 3.96. The Morgan fingerprint density at radius 3 is 2.65 bits per heavy atom. The Morgan fingerprint density at radius 1 is 1.47 bits per heavy atom. The van der Waals surface area contributed by atoms with Crippen LogP contribution in [0.1, 0.15) is 52.4 Å². The van der Waals surface area contributed by atoms with Crippen molar-refractivity contribution in [2.75, 3.05) is 13.2 Å². The van der Waals surface area contributed by atoms with Crippen molar-refractivity contribution in [1.29, 1.82) is 0 Å². The number of rotatable bonds is 7. The topological polar surface area (TPSA) is 61.4 Å². The molecule has 0 radical (unpaired) electrons. The number of carbonyl (C=O) groups excluding carboxylic acids is 1. The summed E-state index contributed by atoms with van der Waals surface area (Å²) in [6.45, 7) is 5.14. The van der Waals surface area contributed by atoms with E-state index in [-0.39, 0.29) is 18.7 Å². The van der Waals surface area contributed by atoms with E-state index in [0.717, 1.165) is 25.8 Å². The van der Waals surface area contributed by atoms with E-state index >= 15 is 0 Å². The highest BCUT2D eigenvalue weighted by molar-refractivity contribution is 5.74. The normalized spacial score (nSPS) is 19.2. The van der Waals surface area contributed by atoms with E-state index in [0.29, 0.717) is 5.41 Å². The minimum absolute atomic E-state index is 0.0739. The van der Waals surface area contributed by atoms with Gasteiger partial charge in [-0.2, -0.15) is 0 Å². The lowest BCUT2D eigenvalue weighted by molar-refractivity contribution is 0.126. The fourth-order valence-corrected chi connectivity index (χ4v) is 2.34. The van der Waals surface area contributed by atoms with Gasteiger partial charge in [0.25, 0.3) is 0 Å². The molecule has 0 heterocycles. The van der Waals surface area contributed by atoms with Crippen LogP contribution < -0.4 is 10.6 Å². The van der Waals surface area contributed by atoms with Gasteiger partial charge in [-0.15, -0.1) is 0 Å². The average Bonchev–Trinajstić information content (AvgIpc) is 2.25. The molecule has 3 N–H and O–H groups in total. The van der Waals surface area contributed by atoms with Gasteiger partial charge >= 0.3 is 6.03 Å². The zero-order valence-electron chi connectivity index (χ0n) is 11.1. The Kier molecular flexibility index (Phi) is 5.75. The molecule has 4 heteroatoms. The zero-order valence-corrected chi connectivity index (χ0v) is 11.1. The highest BCUT2D eigenvalue weighted by Gasteiger charge is 2.35. The molecule has 2 amide bonds. The van der Waals surface area contributed by atoms with Crippen molar-refractivity contribution in [2.45, 2.75) is 58.4 Å². The smallest absolute Gasteiger partial charge is 0.315 e. The molecule has 17 heavy (non-hydrogen) atoms. The number of urea groups is 1. The van der Waals surface area contributed by atoms with Gasteiger partial charge in [-0.05, 0) is 44.4 Å². The van der Waals surface area contributed by atoms with Gasteiger partial charge in [0.2, 0.25) is 0 Å². The molecule has 100 valence electrons. The van der Waals surface area contributed by atoms with E-state index in [1.54, 1.807) is 0 Å². The second kappa shape index (κ2) is 6.84. The molecular weight excluding hydrogens is 216 g/mol. The van der Waals surface area contributed by atoms with Crippen molar-refractivity contribution in [3.63, 3.8) is 0 Å². The van der Waals surface area contributed by atoms with E-state index in [1.807, 2.05) is 6.92 Å². The Balaban J connectivity index is 2.16. The van der Waals surface area contributed by atoms with E-state index < -0.39 is 0 Å². The maximum Gasteiger partial charge on any atom is 0.315 e. The van der Waals surface area contributed by atoms with E-state index in [4.69, 9.17) is 5.11 Å². The van der Waals surface area contributed by atoms with Gasteiger partial charge in [-0.1, -0.05) is 13.3 Å². The summed E-state index contributed by atoms with van der Waals surface area (Å²) >= 11 is 0. The van der Waals surface area contributed by atoms with Gasteiger partial charge < -0.3 is 15.7 Å². The molecule has 0 aromatic carbocycles. The first kappa shape index (κ1) is 14.3. The molecule has 1 unspecified atom stereocenters. The highest BCUT2D eigenvalue weighted by Crippen LogP contribution is 2.42. The summed E-state index contributed by atoms with van der Waals surface area (Å²) in [5.41, 5.74) is 0.367. The third kappa shape index (κ3) is 4.54. The van der Waals surface area contributed by atoms with Crippen LogP contribution in [-0.2, 0) is 0 Å². The predicted molar refractivity (Wildman–Crippen MR) is 68.9 cm³/mol. The Bertz CT molecular complexity index is 234. The number of amides is 2. The van der Waals surface area contributed by atoms with Gasteiger partial charge in [0.05, 0.1) is 0 Å². The molecule has 0 aliphatic heterocycles. The quantitative estimate of drug-likeness (QED) is 0.639. The van der Waals surface area contributed by atoms with Gasteiger partial charge in [-0.25, -0.2) is 4.79 Å². The Labute approximate surface area is 104 Å². The molecule has 1 saturated carbocycles. The molecule has 1 atom stereocenters. The molecule has 0 saturated heterocycles. The van der Waals surface area contributed by atoms with Crippen LogP contribution in [0.3, 0.4) is 0 Å². The number of aliphatic hydroxyl groups excluding tert-OH is 1. The lowest BCUT2D eigenvalue weighted by Crippen LogP contribution is -2.47. The van der Waals surface area contributed by atoms with Gasteiger partial charge in [0.15, 0.2) is 0 Å². The summed E-state index contributed by atoms with van der Waals surface area (Å²) in [5, 5.41) is 14.6. The lowest BCUT2D eigenvalue weighted by atomic mass is 9.67. The first-order valence-corrected chi connectivity index (χ1v) is 6.77. The third-order valence-corrected chi connectivity index (χ3v) is 3.96. The predicted octanol–water partition coefficient (Wildman–Crippen LogP) is 2.03. The first-order chi connectivity index (χ1) is 8.12. The van der Waals surface area contributed by atoms with Gasteiger partial charge in [0.1, 0.15) is 0 Å². The summed E-state index contributed by atoms with van der Waals surface area (Å²) in [6.07, 6.45) is 6.48. The number of hydrogen-bond acceptors (Lipinski definition) is 2. The average molecular weight is 242 g/mol. The van der Waals surface area contributed by atoms with Crippen LogP contribution in [0, 0.1) is 5.41 Å². The number of nitrogens with one attached hydrogen (secondary N) is 2. The lowest BCUT2D eigenvalue weighted by Gasteiger charge is -2.41. The van der Waals surface area contributed by atoms with E-state index in [9.17, 15) is 4.79 Å². The molecule has 4 nitrogen and oxygen atoms in total. The molecule has 1 aliphatic rings. The van der Waals surface area contributed by atoms with Gasteiger partial charge in [0, 0.05) is 19.2 Å². The fraction of sp³-hybridized carbons (Fsp3) is 0.923. The largest absolute Gasteiger partial charge is 0.396 e. The Hall–Kier alpha value is -0.770. The summed E-state index contributed by atoms with van der Waals surface area (Å²) in [7, 11) is 0. The van der Waals surface area contributed by atoms with Crippen LogP contribution in [0.4, 0.5) is 4.79 Å². The molecule has 0 aromatic heterocycles. The summed E-state index contributed by atoms with van der Waals surface area (Å²) in [6, 6.07) is 0.0521. The van der Waals surface area contributed by atoms with Gasteiger partial charge in [-0.3, -0.25) is 0 Å². The van der Waals surface area contributed by atoms with Crippen molar-refractivity contribution in [2.24, 2.45) is 5.41 Å². The van der Waals surface area contributed by atoms with Crippen LogP contribution in [0.15, 0.2) is 0 Å². The Morgan fingerprint density at radius 2 is 2.18 bits per heavy atom. The number of carbonyl (C=O) groups is 1. The summed E-state index contributed by atoms with van der Waals surface area (Å²) < 4.78 is 0. The molecule has 0 spiro atoms. The molecule has 1 fully saturated rings. The second-order valence-corrected chi connectivity index (χ2v) is 5.30. The molecule has 0 aromatic rings. The zero-order chi connectivity index (χ0) is 12.7. The molecule has 0 bridgehead atoms. The van der Waals surface area contributed by atoms with Crippen LogP contribution in [-0.4, -0.2) is 30.3 Å². The van der Waals surface area contributed by atoms with Crippen molar-refractivity contribution in [1.82, 2.24) is 10.6 Å². The standard InChI is InChI=1S/C13H26N2O2/c1-3-13(7-5-8-13)10-14-12(17)15-11(2)6-4-9-16/h11,16H,3-10H2,1-2H3,(H2,14,15,17). The monoisotopic (exact) mass is 242 g/mol. The van der Waals surface area contributed by atoms with E-state index in [1.165, 1.54) is 19.3 Å². The fourth-order valence-electron chi connectivity index (χ4n) is 2.34.